The maximum Gasteiger partial charge on any atom is 0.251 e. The number of hydrogen-bond donors (Lipinski definition) is 2. The van der Waals surface area contributed by atoms with E-state index in [4.69, 9.17) is 0 Å². The van der Waals surface area contributed by atoms with E-state index in [1.54, 1.807) is 12.1 Å². The first-order chi connectivity index (χ1) is 15.4. The summed E-state index contributed by atoms with van der Waals surface area (Å²) in [6, 6.07) is 7.48. The average molecular weight is 456 g/mol. The van der Waals surface area contributed by atoms with Gasteiger partial charge in [0.25, 0.3) is 5.91 Å². The highest BCUT2D eigenvalue weighted by atomic mass is 32.2. The summed E-state index contributed by atoms with van der Waals surface area (Å²) in [5.41, 5.74) is 1.65. The Morgan fingerprint density at radius 2 is 2.03 bits per heavy atom. The highest BCUT2D eigenvalue weighted by Gasteiger charge is 2.26. The molecule has 8 heteroatoms. The molecule has 7 nitrogen and oxygen atoms in total. The number of rotatable bonds is 10. The van der Waals surface area contributed by atoms with Crippen LogP contribution in [0.2, 0.25) is 0 Å². The summed E-state index contributed by atoms with van der Waals surface area (Å²) in [5, 5.41) is 15.6. The minimum absolute atomic E-state index is 0.0183. The zero-order valence-electron chi connectivity index (χ0n) is 19.1. The smallest absolute Gasteiger partial charge is 0.251 e. The number of thioether (sulfide) groups is 1. The first kappa shape index (κ1) is 24.0. The summed E-state index contributed by atoms with van der Waals surface area (Å²) in [6.07, 6.45) is 6.25. The number of hydrogen-bond acceptors (Lipinski definition) is 5. The van der Waals surface area contributed by atoms with Gasteiger partial charge in [-0.25, -0.2) is 0 Å². The van der Waals surface area contributed by atoms with Crippen LogP contribution >= 0.6 is 11.8 Å². The van der Waals surface area contributed by atoms with E-state index in [0.717, 1.165) is 18.4 Å². The molecule has 0 aliphatic heterocycles. The molecule has 1 saturated carbocycles. The van der Waals surface area contributed by atoms with Crippen molar-refractivity contribution in [3.05, 3.63) is 53.9 Å². The van der Waals surface area contributed by atoms with Crippen LogP contribution in [-0.4, -0.2) is 38.4 Å². The van der Waals surface area contributed by atoms with Gasteiger partial charge in [-0.1, -0.05) is 62.2 Å². The monoisotopic (exact) mass is 455 g/mol. The molecule has 1 atom stereocenters. The topological polar surface area (TPSA) is 88.9 Å². The summed E-state index contributed by atoms with van der Waals surface area (Å²) in [5.74, 6) is 0.920. The van der Waals surface area contributed by atoms with Crippen molar-refractivity contribution in [3.8, 4) is 0 Å². The van der Waals surface area contributed by atoms with Crippen molar-refractivity contribution >= 4 is 23.6 Å². The number of benzene rings is 1. The van der Waals surface area contributed by atoms with E-state index >= 15 is 0 Å². The molecule has 3 rings (SSSR count). The lowest BCUT2D eigenvalue weighted by atomic mass is 10.0. The number of carbonyl (C=O) groups excluding carboxylic acids is 2. The maximum absolute atomic E-state index is 12.9. The summed E-state index contributed by atoms with van der Waals surface area (Å²) in [7, 11) is 0. The van der Waals surface area contributed by atoms with E-state index in [1.165, 1.54) is 24.6 Å². The minimum atomic E-state index is -0.322. The van der Waals surface area contributed by atoms with Crippen LogP contribution in [0.15, 0.2) is 42.1 Å². The Kier molecular flexibility index (Phi) is 8.50. The predicted molar refractivity (Wildman–Crippen MR) is 128 cm³/mol. The van der Waals surface area contributed by atoms with Crippen molar-refractivity contribution in [1.82, 2.24) is 25.4 Å². The van der Waals surface area contributed by atoms with Gasteiger partial charge in [-0.3, -0.25) is 9.59 Å². The quantitative estimate of drug-likeness (QED) is 0.417. The van der Waals surface area contributed by atoms with Crippen LogP contribution in [0.3, 0.4) is 0 Å². The van der Waals surface area contributed by atoms with Gasteiger partial charge in [0.15, 0.2) is 11.0 Å². The molecular formula is C24H33N5O2S. The van der Waals surface area contributed by atoms with Crippen molar-refractivity contribution in [2.45, 2.75) is 70.2 Å². The number of aromatic nitrogens is 3. The van der Waals surface area contributed by atoms with Gasteiger partial charge in [0, 0.05) is 18.2 Å². The predicted octanol–water partition coefficient (Wildman–Crippen LogP) is 4.05. The fourth-order valence-corrected chi connectivity index (χ4v) is 4.71. The van der Waals surface area contributed by atoms with E-state index in [0.29, 0.717) is 29.1 Å². The molecule has 32 heavy (non-hydrogen) atoms. The van der Waals surface area contributed by atoms with E-state index in [-0.39, 0.29) is 29.5 Å². The number of nitrogens with zero attached hydrogens (tertiary/aromatic N) is 3. The molecule has 0 spiro atoms. The molecule has 2 N–H and O–H groups in total. The lowest BCUT2D eigenvalue weighted by molar-refractivity contribution is -0.119. The van der Waals surface area contributed by atoms with E-state index in [1.807, 2.05) is 43.5 Å². The van der Waals surface area contributed by atoms with Gasteiger partial charge in [0.1, 0.15) is 0 Å². The Balaban J connectivity index is 1.73. The Labute approximate surface area is 194 Å². The molecule has 1 aromatic carbocycles. The molecule has 1 aliphatic carbocycles. The van der Waals surface area contributed by atoms with Crippen LogP contribution in [0, 0.1) is 12.8 Å². The van der Waals surface area contributed by atoms with Crippen LogP contribution in [0.4, 0.5) is 0 Å². The molecule has 172 valence electrons. The molecule has 1 aromatic heterocycles. The molecular weight excluding hydrogens is 422 g/mol. The molecule has 1 heterocycles. The molecule has 0 saturated heterocycles. The lowest BCUT2D eigenvalue weighted by Gasteiger charge is -2.22. The van der Waals surface area contributed by atoms with Crippen LogP contribution in [0.1, 0.15) is 67.3 Å². The zero-order chi connectivity index (χ0) is 23.1. The van der Waals surface area contributed by atoms with Crippen molar-refractivity contribution in [1.29, 1.82) is 0 Å². The summed E-state index contributed by atoms with van der Waals surface area (Å²) >= 11 is 1.36. The molecule has 0 unspecified atom stereocenters. The molecule has 2 aromatic rings. The standard InChI is InChI=1S/C24H33N5O2S/c1-5-13-29-22(21(16(2)3)26-23(31)18-10-8-9-17(4)14-18)27-28-24(29)32-15-20(30)25-19-11-6-7-12-19/h5,8-10,14,16,19,21H,1,6-7,11-13,15H2,2-4H3,(H,25,30)(H,26,31)/t21-/m0/s1. The number of nitrogens with one attached hydrogen (secondary N) is 2. The molecule has 2 amide bonds. The Bertz CT molecular complexity index is 950. The largest absolute Gasteiger partial charge is 0.353 e. The highest BCUT2D eigenvalue weighted by molar-refractivity contribution is 7.99. The fraction of sp³-hybridized carbons (Fsp3) is 0.500. The van der Waals surface area contributed by atoms with Crippen molar-refractivity contribution in [2.75, 3.05) is 5.75 Å². The second kappa shape index (κ2) is 11.3. The van der Waals surface area contributed by atoms with Gasteiger partial charge in [-0.2, -0.15) is 0 Å². The van der Waals surface area contributed by atoms with Gasteiger partial charge < -0.3 is 15.2 Å². The van der Waals surface area contributed by atoms with Gasteiger partial charge in [-0.05, 0) is 37.8 Å². The van der Waals surface area contributed by atoms with Crippen LogP contribution in [-0.2, 0) is 11.3 Å². The molecule has 1 aliphatic rings. The van der Waals surface area contributed by atoms with Crippen LogP contribution in [0.25, 0.3) is 0 Å². The van der Waals surface area contributed by atoms with Crippen molar-refractivity contribution in [3.63, 3.8) is 0 Å². The summed E-state index contributed by atoms with van der Waals surface area (Å²) in [6.45, 7) is 10.4. The Hall–Kier alpha value is -2.61. The summed E-state index contributed by atoms with van der Waals surface area (Å²) < 4.78 is 1.93. The Morgan fingerprint density at radius 1 is 1.28 bits per heavy atom. The fourth-order valence-electron chi connectivity index (χ4n) is 3.95. The van der Waals surface area contributed by atoms with Gasteiger partial charge >= 0.3 is 0 Å². The molecule has 0 radical (unpaired) electrons. The number of amides is 2. The van der Waals surface area contributed by atoms with Crippen LogP contribution in [0.5, 0.6) is 0 Å². The third kappa shape index (κ3) is 6.22. The normalized spacial score (nSPS) is 15.0. The van der Waals surface area contributed by atoms with E-state index < -0.39 is 0 Å². The third-order valence-corrected chi connectivity index (χ3v) is 6.59. The zero-order valence-corrected chi connectivity index (χ0v) is 20.0. The number of carbonyl (C=O) groups is 2. The number of allylic oxidation sites excluding steroid dienone is 1. The van der Waals surface area contributed by atoms with Crippen LogP contribution < -0.4 is 10.6 Å². The molecule has 1 fully saturated rings. The highest BCUT2D eigenvalue weighted by Crippen LogP contribution is 2.26. The first-order valence-corrected chi connectivity index (χ1v) is 12.2. The number of aryl methyl sites for hydroxylation is 1. The molecule has 0 bridgehead atoms. The third-order valence-electron chi connectivity index (χ3n) is 5.62. The minimum Gasteiger partial charge on any atom is -0.353 e. The average Bonchev–Trinajstić information content (AvgIpc) is 3.40. The maximum atomic E-state index is 12.9. The van der Waals surface area contributed by atoms with Crippen molar-refractivity contribution in [2.24, 2.45) is 5.92 Å². The van der Waals surface area contributed by atoms with Gasteiger partial charge in [0.2, 0.25) is 5.91 Å². The van der Waals surface area contributed by atoms with E-state index in [2.05, 4.69) is 27.4 Å². The van der Waals surface area contributed by atoms with Crippen molar-refractivity contribution < 1.29 is 9.59 Å². The second-order valence-corrected chi connectivity index (χ2v) is 9.58. The first-order valence-electron chi connectivity index (χ1n) is 11.2. The Morgan fingerprint density at radius 3 is 2.69 bits per heavy atom. The van der Waals surface area contributed by atoms with Gasteiger partial charge in [0.05, 0.1) is 11.8 Å². The van der Waals surface area contributed by atoms with Gasteiger partial charge in [-0.15, -0.1) is 16.8 Å². The SMILES string of the molecule is C=CCn1c(SCC(=O)NC2CCCC2)nnc1[C@@H](NC(=O)c1cccc(C)c1)C(C)C. The second-order valence-electron chi connectivity index (χ2n) is 8.64. The summed E-state index contributed by atoms with van der Waals surface area (Å²) in [4.78, 5) is 25.2. The lowest BCUT2D eigenvalue weighted by Crippen LogP contribution is -2.34. The van der Waals surface area contributed by atoms with E-state index in [9.17, 15) is 9.59 Å².